The molecule has 0 saturated heterocycles. The molecule has 2 aromatic rings. The SMILES string of the molecule is CCNCc1cccc2ccn(CC(=O)NCC#N)c12. The van der Waals surface area contributed by atoms with Gasteiger partial charge >= 0.3 is 0 Å². The molecule has 0 aliphatic carbocycles. The van der Waals surface area contributed by atoms with E-state index >= 15 is 0 Å². The maximum atomic E-state index is 11.7. The lowest BCUT2D eigenvalue weighted by molar-refractivity contribution is -0.121. The number of nitrogens with one attached hydrogen (secondary N) is 2. The van der Waals surface area contributed by atoms with Gasteiger partial charge in [-0.05, 0) is 23.6 Å². The van der Waals surface area contributed by atoms with E-state index in [9.17, 15) is 4.79 Å². The van der Waals surface area contributed by atoms with E-state index in [2.05, 4.69) is 23.6 Å². The molecule has 2 rings (SSSR count). The normalized spacial score (nSPS) is 10.4. The molecular weight excluding hydrogens is 252 g/mol. The maximum absolute atomic E-state index is 11.7. The minimum Gasteiger partial charge on any atom is -0.341 e. The fourth-order valence-electron chi connectivity index (χ4n) is 2.22. The largest absolute Gasteiger partial charge is 0.341 e. The van der Waals surface area contributed by atoms with Gasteiger partial charge in [-0.1, -0.05) is 25.1 Å². The first kappa shape index (κ1) is 14.1. The Kier molecular flexibility index (Phi) is 4.75. The number of para-hydroxylation sites is 1. The lowest BCUT2D eigenvalue weighted by atomic mass is 10.1. The van der Waals surface area contributed by atoms with Crippen LogP contribution in [0.1, 0.15) is 12.5 Å². The van der Waals surface area contributed by atoms with Gasteiger partial charge in [0.1, 0.15) is 13.1 Å². The summed E-state index contributed by atoms with van der Waals surface area (Å²) in [7, 11) is 0. The molecule has 5 heteroatoms. The number of rotatable bonds is 6. The second kappa shape index (κ2) is 6.73. The number of nitrogens with zero attached hydrogens (tertiary/aromatic N) is 2. The predicted molar refractivity (Wildman–Crippen MR) is 77.9 cm³/mol. The summed E-state index contributed by atoms with van der Waals surface area (Å²) >= 11 is 0. The van der Waals surface area contributed by atoms with Crippen LogP contribution in [0.25, 0.3) is 10.9 Å². The molecule has 0 bridgehead atoms. The fourth-order valence-corrected chi connectivity index (χ4v) is 2.22. The molecule has 5 nitrogen and oxygen atoms in total. The van der Waals surface area contributed by atoms with Gasteiger partial charge in [0.05, 0.1) is 11.6 Å². The van der Waals surface area contributed by atoms with E-state index in [1.807, 2.05) is 35.0 Å². The van der Waals surface area contributed by atoms with E-state index in [4.69, 9.17) is 5.26 Å². The van der Waals surface area contributed by atoms with Crippen LogP contribution < -0.4 is 10.6 Å². The van der Waals surface area contributed by atoms with Crippen LogP contribution in [0.15, 0.2) is 30.5 Å². The second-order valence-corrected chi connectivity index (χ2v) is 4.51. The average Bonchev–Trinajstić information content (AvgIpc) is 2.86. The minimum atomic E-state index is -0.151. The molecule has 0 unspecified atom stereocenters. The van der Waals surface area contributed by atoms with E-state index in [1.54, 1.807) is 0 Å². The first-order valence-corrected chi connectivity index (χ1v) is 6.67. The lowest BCUT2D eigenvalue weighted by Crippen LogP contribution is -2.27. The van der Waals surface area contributed by atoms with Crippen molar-refractivity contribution in [3.05, 3.63) is 36.0 Å². The van der Waals surface area contributed by atoms with Crippen molar-refractivity contribution in [3.8, 4) is 6.07 Å². The summed E-state index contributed by atoms with van der Waals surface area (Å²) in [6, 6.07) is 10.0. The molecule has 0 radical (unpaired) electrons. The van der Waals surface area contributed by atoms with Gasteiger partial charge in [-0.15, -0.1) is 0 Å². The van der Waals surface area contributed by atoms with Crippen LogP contribution in [-0.4, -0.2) is 23.6 Å². The molecule has 0 fully saturated rings. The molecule has 1 amide bonds. The Labute approximate surface area is 118 Å². The van der Waals surface area contributed by atoms with Crippen molar-refractivity contribution in [2.24, 2.45) is 0 Å². The maximum Gasteiger partial charge on any atom is 0.240 e. The van der Waals surface area contributed by atoms with Crippen LogP contribution in [0.3, 0.4) is 0 Å². The van der Waals surface area contributed by atoms with Crippen molar-refractivity contribution < 1.29 is 4.79 Å². The highest BCUT2D eigenvalue weighted by atomic mass is 16.1. The third-order valence-corrected chi connectivity index (χ3v) is 3.12. The van der Waals surface area contributed by atoms with E-state index < -0.39 is 0 Å². The molecule has 0 saturated carbocycles. The molecule has 0 atom stereocenters. The molecule has 0 aliphatic rings. The zero-order chi connectivity index (χ0) is 14.4. The molecule has 1 aromatic carbocycles. The topological polar surface area (TPSA) is 69.8 Å². The van der Waals surface area contributed by atoms with Gasteiger partial charge in [0.25, 0.3) is 0 Å². The van der Waals surface area contributed by atoms with E-state index in [0.717, 1.165) is 24.0 Å². The Morgan fingerprint density at radius 1 is 1.40 bits per heavy atom. The molecule has 0 spiro atoms. The van der Waals surface area contributed by atoms with Gasteiger partial charge in [0, 0.05) is 12.7 Å². The molecular formula is C15H18N4O. The van der Waals surface area contributed by atoms with E-state index in [-0.39, 0.29) is 19.0 Å². The summed E-state index contributed by atoms with van der Waals surface area (Å²) in [6.45, 7) is 4.02. The summed E-state index contributed by atoms with van der Waals surface area (Å²) in [5.41, 5.74) is 2.24. The third kappa shape index (κ3) is 3.16. The molecule has 20 heavy (non-hydrogen) atoms. The number of carbonyl (C=O) groups is 1. The van der Waals surface area contributed by atoms with Crippen molar-refractivity contribution in [1.29, 1.82) is 5.26 Å². The average molecular weight is 270 g/mol. The van der Waals surface area contributed by atoms with Gasteiger partial charge in [0.15, 0.2) is 0 Å². The summed E-state index contributed by atoms with van der Waals surface area (Å²) in [4.78, 5) is 11.7. The highest BCUT2D eigenvalue weighted by Gasteiger charge is 2.09. The van der Waals surface area contributed by atoms with E-state index in [0.29, 0.717) is 0 Å². The highest BCUT2D eigenvalue weighted by Crippen LogP contribution is 2.20. The monoisotopic (exact) mass is 270 g/mol. The zero-order valence-corrected chi connectivity index (χ0v) is 11.5. The van der Waals surface area contributed by atoms with E-state index in [1.165, 1.54) is 5.56 Å². The van der Waals surface area contributed by atoms with Crippen molar-refractivity contribution >= 4 is 16.8 Å². The van der Waals surface area contributed by atoms with Gasteiger partial charge in [0.2, 0.25) is 5.91 Å². The number of nitriles is 1. The number of aromatic nitrogens is 1. The first-order chi connectivity index (χ1) is 9.76. The van der Waals surface area contributed by atoms with Crippen LogP contribution in [0, 0.1) is 11.3 Å². The number of carbonyl (C=O) groups excluding carboxylic acids is 1. The predicted octanol–water partition coefficient (Wildman–Crippen LogP) is 1.39. The van der Waals surface area contributed by atoms with Crippen LogP contribution in [0.2, 0.25) is 0 Å². The van der Waals surface area contributed by atoms with Crippen molar-refractivity contribution in [3.63, 3.8) is 0 Å². The Hall–Kier alpha value is -2.32. The smallest absolute Gasteiger partial charge is 0.240 e. The molecule has 104 valence electrons. The minimum absolute atomic E-state index is 0.0439. The number of benzene rings is 1. The van der Waals surface area contributed by atoms with Crippen LogP contribution in [0.4, 0.5) is 0 Å². The Balaban J connectivity index is 2.25. The molecule has 1 aromatic heterocycles. The summed E-state index contributed by atoms with van der Waals surface area (Å²) in [6.07, 6.45) is 1.91. The first-order valence-electron chi connectivity index (χ1n) is 6.67. The summed E-state index contributed by atoms with van der Waals surface area (Å²) in [5, 5.41) is 15.5. The molecule has 2 N–H and O–H groups in total. The fraction of sp³-hybridized carbons (Fsp3) is 0.333. The van der Waals surface area contributed by atoms with Crippen molar-refractivity contribution in [1.82, 2.24) is 15.2 Å². The number of hydrogen-bond donors (Lipinski definition) is 2. The van der Waals surface area contributed by atoms with Crippen LogP contribution in [0.5, 0.6) is 0 Å². The second-order valence-electron chi connectivity index (χ2n) is 4.51. The van der Waals surface area contributed by atoms with Crippen molar-refractivity contribution in [2.75, 3.05) is 13.1 Å². The number of amides is 1. The van der Waals surface area contributed by atoms with Gasteiger partial charge < -0.3 is 15.2 Å². The standard InChI is InChI=1S/C15H18N4O/c1-2-17-10-13-5-3-4-12-6-9-19(15(12)13)11-14(20)18-8-7-16/h3-6,9,17H,2,8,10-11H2,1H3,(H,18,20). The highest BCUT2D eigenvalue weighted by molar-refractivity contribution is 5.85. The van der Waals surface area contributed by atoms with Gasteiger partial charge in [-0.25, -0.2) is 0 Å². The van der Waals surface area contributed by atoms with Gasteiger partial charge in [-0.3, -0.25) is 4.79 Å². The van der Waals surface area contributed by atoms with Gasteiger partial charge in [-0.2, -0.15) is 5.26 Å². The number of fused-ring (bicyclic) bond motifs is 1. The summed E-state index contributed by atoms with van der Waals surface area (Å²) < 4.78 is 1.93. The van der Waals surface area contributed by atoms with Crippen LogP contribution in [-0.2, 0) is 17.9 Å². The zero-order valence-electron chi connectivity index (χ0n) is 11.5. The molecule has 0 aliphatic heterocycles. The Morgan fingerprint density at radius 3 is 3.00 bits per heavy atom. The van der Waals surface area contributed by atoms with Crippen molar-refractivity contribution in [2.45, 2.75) is 20.0 Å². The number of hydrogen-bond acceptors (Lipinski definition) is 3. The molecule has 1 heterocycles. The third-order valence-electron chi connectivity index (χ3n) is 3.12. The Morgan fingerprint density at radius 2 is 2.25 bits per heavy atom. The summed E-state index contributed by atoms with van der Waals surface area (Å²) in [5.74, 6) is -0.151. The Bertz CT molecular complexity index is 639. The van der Waals surface area contributed by atoms with Crippen LogP contribution >= 0.6 is 0 Å². The quantitative estimate of drug-likeness (QED) is 0.779. The lowest BCUT2D eigenvalue weighted by Gasteiger charge is -2.10.